The fraction of sp³-hybridized carbons (Fsp3) is 0.833. The van der Waals surface area contributed by atoms with Gasteiger partial charge < -0.3 is 15.3 Å². The molecule has 1 aliphatic rings. The Balaban J connectivity index is 2.30. The summed E-state index contributed by atoms with van der Waals surface area (Å²) in [5.74, 6) is -1.24. The molecule has 0 aliphatic carbocycles. The minimum atomic E-state index is -0.819. The summed E-state index contributed by atoms with van der Waals surface area (Å²) in [6.07, 6.45) is 0.467. The number of aliphatic carboxylic acids is 1. The Kier molecular flexibility index (Phi) is 5.78. The first kappa shape index (κ1) is 15.1. The fourth-order valence-electron chi connectivity index (χ4n) is 1.97. The number of urea groups is 1. The first-order chi connectivity index (χ1) is 8.40. The van der Waals surface area contributed by atoms with Gasteiger partial charge in [-0.1, -0.05) is 20.8 Å². The number of rotatable bonds is 4. The largest absolute Gasteiger partial charge is 0.481 e. The first-order valence-corrected chi connectivity index (χ1v) is 7.25. The molecular weight excluding hydrogens is 252 g/mol. The van der Waals surface area contributed by atoms with Crippen LogP contribution < -0.4 is 5.32 Å². The lowest BCUT2D eigenvalue weighted by atomic mass is 10.1. The molecule has 3 atom stereocenters. The second-order valence-corrected chi connectivity index (χ2v) is 6.80. The SMILES string of the molecule is CC1CN(C(=O)NCCC(C)C(=O)O)CC(C)S1. The maximum absolute atomic E-state index is 11.9. The molecule has 0 saturated carbocycles. The number of thioether (sulfide) groups is 1. The van der Waals surface area contributed by atoms with E-state index in [0.29, 0.717) is 23.5 Å². The maximum Gasteiger partial charge on any atom is 0.317 e. The van der Waals surface area contributed by atoms with E-state index in [1.54, 1.807) is 6.92 Å². The lowest BCUT2D eigenvalue weighted by Crippen LogP contribution is -2.48. The van der Waals surface area contributed by atoms with Gasteiger partial charge in [-0.2, -0.15) is 11.8 Å². The van der Waals surface area contributed by atoms with E-state index in [1.807, 2.05) is 16.7 Å². The molecule has 1 saturated heterocycles. The zero-order chi connectivity index (χ0) is 13.7. The molecule has 2 amide bonds. The van der Waals surface area contributed by atoms with Crippen LogP contribution in [0, 0.1) is 5.92 Å². The van der Waals surface area contributed by atoms with Crippen molar-refractivity contribution >= 4 is 23.8 Å². The molecule has 0 spiro atoms. The molecule has 0 aromatic rings. The highest BCUT2D eigenvalue weighted by atomic mass is 32.2. The van der Waals surface area contributed by atoms with Crippen LogP contribution in [0.4, 0.5) is 4.79 Å². The Labute approximate surface area is 112 Å². The van der Waals surface area contributed by atoms with Crippen molar-refractivity contribution in [3.05, 3.63) is 0 Å². The Morgan fingerprint density at radius 2 is 1.94 bits per heavy atom. The molecule has 0 aromatic heterocycles. The van der Waals surface area contributed by atoms with Crippen molar-refractivity contribution < 1.29 is 14.7 Å². The minimum absolute atomic E-state index is 0.0772. The molecule has 0 radical (unpaired) electrons. The van der Waals surface area contributed by atoms with Crippen molar-refractivity contribution in [2.75, 3.05) is 19.6 Å². The number of carboxylic acids is 1. The number of hydrogen-bond donors (Lipinski definition) is 2. The Hall–Kier alpha value is -0.910. The Bertz CT molecular complexity index is 302. The lowest BCUT2D eigenvalue weighted by Gasteiger charge is -2.34. The van der Waals surface area contributed by atoms with Gasteiger partial charge in [0.1, 0.15) is 0 Å². The quantitative estimate of drug-likeness (QED) is 0.817. The Morgan fingerprint density at radius 3 is 2.44 bits per heavy atom. The van der Waals surface area contributed by atoms with E-state index in [-0.39, 0.29) is 6.03 Å². The summed E-state index contributed by atoms with van der Waals surface area (Å²) in [5, 5.41) is 12.4. The predicted octanol–water partition coefficient (Wildman–Crippen LogP) is 1.63. The van der Waals surface area contributed by atoms with Crippen molar-refractivity contribution in [2.24, 2.45) is 5.92 Å². The van der Waals surface area contributed by atoms with Gasteiger partial charge >= 0.3 is 12.0 Å². The second kappa shape index (κ2) is 6.87. The summed E-state index contributed by atoms with van der Waals surface area (Å²) < 4.78 is 0. The Morgan fingerprint density at radius 1 is 1.39 bits per heavy atom. The van der Waals surface area contributed by atoms with E-state index < -0.39 is 11.9 Å². The number of carbonyl (C=O) groups excluding carboxylic acids is 1. The van der Waals surface area contributed by atoms with Gasteiger partial charge in [0.15, 0.2) is 0 Å². The highest BCUT2D eigenvalue weighted by Gasteiger charge is 2.25. The van der Waals surface area contributed by atoms with Gasteiger partial charge in [-0.3, -0.25) is 4.79 Å². The summed E-state index contributed by atoms with van der Waals surface area (Å²) in [6, 6.07) is -0.0772. The van der Waals surface area contributed by atoms with Gasteiger partial charge in [0.25, 0.3) is 0 Å². The van der Waals surface area contributed by atoms with E-state index in [9.17, 15) is 9.59 Å². The molecule has 0 aromatic carbocycles. The van der Waals surface area contributed by atoms with E-state index in [0.717, 1.165) is 13.1 Å². The number of hydrogen-bond acceptors (Lipinski definition) is 3. The maximum atomic E-state index is 11.9. The van der Waals surface area contributed by atoms with Gasteiger partial charge in [-0.25, -0.2) is 4.79 Å². The summed E-state index contributed by atoms with van der Waals surface area (Å²) in [5.41, 5.74) is 0. The number of carboxylic acid groups (broad SMARTS) is 1. The highest BCUT2D eigenvalue weighted by molar-refractivity contribution is 8.00. The number of nitrogens with zero attached hydrogens (tertiary/aromatic N) is 1. The van der Waals surface area contributed by atoms with Crippen molar-refractivity contribution in [1.29, 1.82) is 0 Å². The third kappa shape index (κ3) is 4.76. The molecule has 0 bridgehead atoms. The average molecular weight is 274 g/mol. The minimum Gasteiger partial charge on any atom is -0.481 e. The van der Waals surface area contributed by atoms with Crippen LogP contribution in [0.1, 0.15) is 27.2 Å². The van der Waals surface area contributed by atoms with Crippen molar-refractivity contribution in [3.63, 3.8) is 0 Å². The molecule has 3 unspecified atom stereocenters. The van der Waals surface area contributed by atoms with E-state index in [2.05, 4.69) is 19.2 Å². The molecule has 1 fully saturated rings. The normalized spacial score (nSPS) is 25.6. The van der Waals surface area contributed by atoms with Crippen molar-refractivity contribution in [3.8, 4) is 0 Å². The van der Waals surface area contributed by atoms with Gasteiger partial charge in [0.05, 0.1) is 5.92 Å². The summed E-state index contributed by atoms with van der Waals surface area (Å²) in [6.45, 7) is 7.82. The van der Waals surface area contributed by atoms with Gasteiger partial charge in [0, 0.05) is 30.1 Å². The van der Waals surface area contributed by atoms with Crippen molar-refractivity contribution in [1.82, 2.24) is 10.2 Å². The number of nitrogens with one attached hydrogen (secondary N) is 1. The third-order valence-electron chi connectivity index (χ3n) is 2.98. The number of carbonyl (C=O) groups is 2. The predicted molar refractivity (Wildman–Crippen MR) is 72.9 cm³/mol. The monoisotopic (exact) mass is 274 g/mol. The van der Waals surface area contributed by atoms with Crippen LogP contribution in [0.25, 0.3) is 0 Å². The average Bonchev–Trinajstić information content (AvgIpc) is 2.27. The zero-order valence-corrected chi connectivity index (χ0v) is 12.0. The van der Waals surface area contributed by atoms with Crippen LogP contribution in [-0.4, -0.2) is 52.1 Å². The highest BCUT2D eigenvalue weighted by Crippen LogP contribution is 2.24. The molecule has 2 N–H and O–H groups in total. The zero-order valence-electron chi connectivity index (χ0n) is 11.2. The van der Waals surface area contributed by atoms with Crippen LogP contribution >= 0.6 is 11.8 Å². The van der Waals surface area contributed by atoms with E-state index in [4.69, 9.17) is 5.11 Å². The first-order valence-electron chi connectivity index (χ1n) is 6.31. The van der Waals surface area contributed by atoms with E-state index in [1.165, 1.54) is 0 Å². The molecular formula is C12H22N2O3S. The van der Waals surface area contributed by atoms with Gasteiger partial charge in [-0.05, 0) is 6.42 Å². The van der Waals surface area contributed by atoms with Crippen molar-refractivity contribution in [2.45, 2.75) is 37.7 Å². The van der Waals surface area contributed by atoms with Gasteiger partial charge in [0.2, 0.25) is 0 Å². The van der Waals surface area contributed by atoms with Crippen LogP contribution in [0.2, 0.25) is 0 Å². The molecule has 18 heavy (non-hydrogen) atoms. The summed E-state index contributed by atoms with van der Waals surface area (Å²) in [7, 11) is 0. The third-order valence-corrected chi connectivity index (χ3v) is 4.21. The molecule has 1 aliphatic heterocycles. The van der Waals surface area contributed by atoms with Crippen LogP contribution in [0.5, 0.6) is 0 Å². The molecule has 6 heteroatoms. The molecule has 5 nitrogen and oxygen atoms in total. The van der Waals surface area contributed by atoms with E-state index >= 15 is 0 Å². The standard InChI is InChI=1S/C12H22N2O3S/c1-8(11(15)16)4-5-13-12(17)14-6-9(2)18-10(3)7-14/h8-10H,4-7H2,1-3H3,(H,13,17)(H,15,16). The van der Waals surface area contributed by atoms with Gasteiger partial charge in [-0.15, -0.1) is 0 Å². The molecule has 1 heterocycles. The second-order valence-electron chi connectivity index (χ2n) is 4.92. The fourth-order valence-corrected chi connectivity index (χ4v) is 3.30. The molecule has 1 rings (SSSR count). The van der Waals surface area contributed by atoms with Crippen LogP contribution in [-0.2, 0) is 4.79 Å². The van der Waals surface area contributed by atoms with Crippen LogP contribution in [0.15, 0.2) is 0 Å². The molecule has 104 valence electrons. The summed E-state index contributed by atoms with van der Waals surface area (Å²) in [4.78, 5) is 24.4. The topological polar surface area (TPSA) is 69.6 Å². The van der Waals surface area contributed by atoms with Crippen LogP contribution in [0.3, 0.4) is 0 Å². The number of amides is 2. The smallest absolute Gasteiger partial charge is 0.317 e. The summed E-state index contributed by atoms with van der Waals surface area (Å²) >= 11 is 1.90. The lowest BCUT2D eigenvalue weighted by molar-refractivity contribution is -0.141.